The Morgan fingerprint density at radius 1 is 1.20 bits per heavy atom. The summed E-state index contributed by atoms with van der Waals surface area (Å²) in [6, 6.07) is 10.0. The van der Waals surface area contributed by atoms with Crippen molar-refractivity contribution in [2.75, 3.05) is 5.32 Å². The second kappa shape index (κ2) is 7.85. The number of hydrogen-bond donors (Lipinski definition) is 2. The molecule has 2 N–H and O–H groups in total. The van der Waals surface area contributed by atoms with Crippen LogP contribution in [0.5, 0.6) is 0 Å². The number of aromatic amines is 1. The van der Waals surface area contributed by atoms with Gasteiger partial charge in [-0.25, -0.2) is 4.98 Å². The van der Waals surface area contributed by atoms with Gasteiger partial charge >= 0.3 is 0 Å². The van der Waals surface area contributed by atoms with Gasteiger partial charge in [-0.2, -0.15) is 11.3 Å². The summed E-state index contributed by atoms with van der Waals surface area (Å²) in [6.07, 6.45) is 0.620. The molecule has 30 heavy (non-hydrogen) atoms. The summed E-state index contributed by atoms with van der Waals surface area (Å²) in [6.45, 7) is 2.03. The lowest BCUT2D eigenvalue weighted by molar-refractivity contribution is -0.116. The van der Waals surface area contributed by atoms with Crippen LogP contribution in [0.15, 0.2) is 50.9 Å². The molecule has 1 amide bonds. The summed E-state index contributed by atoms with van der Waals surface area (Å²) in [5, 5.41) is 18.5. The van der Waals surface area contributed by atoms with E-state index in [0.29, 0.717) is 23.3 Å². The lowest BCUT2D eigenvalue weighted by Crippen LogP contribution is -2.12. The third-order valence-corrected chi connectivity index (χ3v) is 6.14. The molecule has 0 radical (unpaired) electrons. The minimum Gasteiger partial charge on any atom is -0.421 e. The van der Waals surface area contributed by atoms with Crippen LogP contribution in [0.4, 0.5) is 5.13 Å². The minimum atomic E-state index is -0.137. The van der Waals surface area contributed by atoms with Crippen molar-refractivity contribution >= 4 is 44.6 Å². The topological polar surface area (TPSA) is 96.7 Å². The van der Waals surface area contributed by atoms with E-state index in [4.69, 9.17) is 4.42 Å². The maximum atomic E-state index is 12.4. The highest BCUT2D eigenvalue weighted by atomic mass is 32.1. The van der Waals surface area contributed by atoms with Crippen LogP contribution in [-0.4, -0.2) is 26.1 Å². The molecule has 1 aromatic carbocycles. The highest BCUT2D eigenvalue weighted by Crippen LogP contribution is 2.33. The number of carbonyl (C=O) groups is 1. The zero-order valence-corrected chi connectivity index (χ0v) is 17.6. The van der Waals surface area contributed by atoms with E-state index in [1.165, 1.54) is 11.3 Å². The SMILES string of the molecule is Cc1[nH]c2ccccc2c1-c1csc(NC(=O)CCc2nnc(-c3ccsc3)o2)n1. The van der Waals surface area contributed by atoms with Gasteiger partial charge in [0.2, 0.25) is 17.7 Å². The Bertz CT molecular complexity index is 1320. The van der Waals surface area contributed by atoms with Crippen molar-refractivity contribution in [1.82, 2.24) is 20.2 Å². The Hall–Kier alpha value is -3.30. The number of para-hydroxylation sites is 1. The molecule has 0 saturated carbocycles. The number of hydrogen-bond acceptors (Lipinski definition) is 7. The third-order valence-electron chi connectivity index (χ3n) is 4.70. The molecule has 0 bridgehead atoms. The summed E-state index contributed by atoms with van der Waals surface area (Å²) in [5.41, 5.74) is 4.94. The normalized spacial score (nSPS) is 11.2. The monoisotopic (exact) mass is 435 g/mol. The van der Waals surface area contributed by atoms with Crippen molar-refractivity contribution < 1.29 is 9.21 Å². The highest BCUT2D eigenvalue weighted by molar-refractivity contribution is 7.14. The fourth-order valence-electron chi connectivity index (χ4n) is 3.31. The largest absolute Gasteiger partial charge is 0.421 e. The van der Waals surface area contributed by atoms with E-state index in [0.717, 1.165) is 33.4 Å². The molecule has 0 fully saturated rings. The molecule has 7 nitrogen and oxygen atoms in total. The molecule has 9 heteroatoms. The number of fused-ring (bicyclic) bond motifs is 1. The average molecular weight is 436 g/mol. The molecule has 0 saturated heterocycles. The average Bonchev–Trinajstić information content (AvgIpc) is 3.51. The van der Waals surface area contributed by atoms with Gasteiger partial charge in [0, 0.05) is 51.3 Å². The van der Waals surface area contributed by atoms with Crippen molar-refractivity contribution in [2.45, 2.75) is 19.8 Å². The summed E-state index contributed by atoms with van der Waals surface area (Å²) in [7, 11) is 0. The first kappa shape index (κ1) is 18.7. The smallest absolute Gasteiger partial charge is 0.248 e. The van der Waals surface area contributed by atoms with Crippen molar-refractivity contribution in [3.8, 4) is 22.7 Å². The fourth-order valence-corrected chi connectivity index (χ4v) is 4.66. The molecule has 0 atom stereocenters. The van der Waals surface area contributed by atoms with Gasteiger partial charge in [-0.3, -0.25) is 4.79 Å². The van der Waals surface area contributed by atoms with Gasteiger partial charge in [0.1, 0.15) is 0 Å². The molecule has 0 aliphatic rings. The summed E-state index contributed by atoms with van der Waals surface area (Å²) in [5.74, 6) is 0.785. The Balaban J connectivity index is 1.24. The Kier molecular flexibility index (Phi) is 4.89. The molecular weight excluding hydrogens is 418 g/mol. The highest BCUT2D eigenvalue weighted by Gasteiger charge is 2.15. The van der Waals surface area contributed by atoms with Crippen LogP contribution in [0, 0.1) is 6.92 Å². The number of amides is 1. The van der Waals surface area contributed by atoms with E-state index in [1.807, 2.05) is 47.3 Å². The number of benzene rings is 1. The Morgan fingerprint density at radius 2 is 2.10 bits per heavy atom. The Morgan fingerprint density at radius 3 is 2.97 bits per heavy atom. The van der Waals surface area contributed by atoms with Gasteiger partial charge in [-0.1, -0.05) is 18.2 Å². The van der Waals surface area contributed by atoms with Gasteiger partial charge in [-0.05, 0) is 24.4 Å². The molecule has 0 aliphatic heterocycles. The molecule has 5 rings (SSSR count). The van der Waals surface area contributed by atoms with E-state index >= 15 is 0 Å². The summed E-state index contributed by atoms with van der Waals surface area (Å²) in [4.78, 5) is 20.4. The molecular formula is C21H17N5O2S2. The van der Waals surface area contributed by atoms with Gasteiger partial charge in [0.15, 0.2) is 5.13 Å². The van der Waals surface area contributed by atoms with E-state index in [1.54, 1.807) is 11.3 Å². The number of nitrogens with zero attached hydrogens (tertiary/aromatic N) is 3. The van der Waals surface area contributed by atoms with Gasteiger partial charge in [0.05, 0.1) is 5.69 Å². The van der Waals surface area contributed by atoms with Gasteiger partial charge in [-0.15, -0.1) is 21.5 Å². The van der Waals surface area contributed by atoms with Crippen molar-refractivity contribution in [3.05, 3.63) is 58.1 Å². The summed E-state index contributed by atoms with van der Waals surface area (Å²) < 4.78 is 5.62. The zero-order chi connectivity index (χ0) is 20.5. The van der Waals surface area contributed by atoms with Crippen LogP contribution in [0.25, 0.3) is 33.6 Å². The number of thiophene rings is 1. The minimum absolute atomic E-state index is 0.137. The van der Waals surface area contributed by atoms with Crippen molar-refractivity contribution in [1.29, 1.82) is 0 Å². The van der Waals surface area contributed by atoms with Crippen LogP contribution < -0.4 is 5.32 Å². The molecule has 4 aromatic heterocycles. The van der Waals surface area contributed by atoms with Crippen molar-refractivity contribution in [2.24, 2.45) is 0 Å². The maximum absolute atomic E-state index is 12.4. The molecule has 0 spiro atoms. The zero-order valence-electron chi connectivity index (χ0n) is 16.0. The molecule has 5 aromatic rings. The number of thiazole rings is 1. The molecule has 0 unspecified atom stereocenters. The second-order valence-electron chi connectivity index (χ2n) is 6.77. The predicted octanol–water partition coefficient (Wildman–Crippen LogP) is 5.28. The number of nitrogens with one attached hydrogen (secondary N) is 2. The number of carbonyl (C=O) groups excluding carboxylic acids is 1. The van der Waals surface area contributed by atoms with Crippen LogP contribution >= 0.6 is 22.7 Å². The quantitative estimate of drug-likeness (QED) is 0.378. The lowest BCUT2D eigenvalue weighted by atomic mass is 10.1. The van der Waals surface area contributed by atoms with Gasteiger partial charge < -0.3 is 14.7 Å². The summed E-state index contributed by atoms with van der Waals surface area (Å²) >= 11 is 2.98. The van der Waals surface area contributed by atoms with Crippen LogP contribution in [0.2, 0.25) is 0 Å². The van der Waals surface area contributed by atoms with Crippen LogP contribution in [0.3, 0.4) is 0 Å². The number of anilines is 1. The first-order valence-electron chi connectivity index (χ1n) is 9.35. The first-order valence-corrected chi connectivity index (χ1v) is 11.2. The van der Waals surface area contributed by atoms with Crippen LogP contribution in [-0.2, 0) is 11.2 Å². The number of aromatic nitrogens is 4. The molecule has 0 aliphatic carbocycles. The third kappa shape index (κ3) is 3.64. The number of aryl methyl sites for hydroxylation is 2. The van der Waals surface area contributed by atoms with Crippen LogP contribution in [0.1, 0.15) is 18.0 Å². The molecule has 150 valence electrons. The number of H-pyrrole nitrogens is 1. The molecule has 4 heterocycles. The first-order chi connectivity index (χ1) is 14.7. The van der Waals surface area contributed by atoms with Crippen molar-refractivity contribution in [3.63, 3.8) is 0 Å². The number of rotatable bonds is 6. The van der Waals surface area contributed by atoms with E-state index in [2.05, 4.69) is 31.5 Å². The predicted molar refractivity (Wildman–Crippen MR) is 119 cm³/mol. The van der Waals surface area contributed by atoms with E-state index < -0.39 is 0 Å². The second-order valence-corrected chi connectivity index (χ2v) is 8.41. The fraction of sp³-hybridized carbons (Fsp3) is 0.143. The maximum Gasteiger partial charge on any atom is 0.248 e. The van der Waals surface area contributed by atoms with E-state index in [9.17, 15) is 4.79 Å². The van der Waals surface area contributed by atoms with E-state index in [-0.39, 0.29) is 12.3 Å². The van der Waals surface area contributed by atoms with Gasteiger partial charge in [0.25, 0.3) is 0 Å². The standard InChI is InChI=1S/C21H17N5O2S2/c1-12-19(14-4-2-3-5-15(14)22-12)16-11-30-21(23-16)24-17(27)6-7-18-25-26-20(28-18)13-8-9-29-10-13/h2-5,8-11,22H,6-7H2,1H3,(H,23,24,27). The Labute approximate surface area is 179 Å². The lowest BCUT2D eigenvalue weighted by Gasteiger charge is -2.00.